The topological polar surface area (TPSA) is 118 Å². The second-order valence-corrected chi connectivity index (χ2v) is 6.65. The number of pyridine rings is 1. The highest BCUT2D eigenvalue weighted by Crippen LogP contribution is 2.25. The van der Waals surface area contributed by atoms with Gasteiger partial charge in [-0.05, 0) is 34.8 Å². The number of rotatable bonds is 6. The van der Waals surface area contributed by atoms with Gasteiger partial charge in [0, 0.05) is 23.9 Å². The lowest BCUT2D eigenvalue weighted by Gasteiger charge is -2.08. The van der Waals surface area contributed by atoms with Gasteiger partial charge in [0.15, 0.2) is 0 Å². The first-order chi connectivity index (χ1) is 14.6. The number of aryl methyl sites for hydroxylation is 1. The number of halogens is 2. The predicted molar refractivity (Wildman–Crippen MR) is 115 cm³/mol. The van der Waals surface area contributed by atoms with Crippen LogP contribution in [0.15, 0.2) is 70.4 Å². The van der Waals surface area contributed by atoms with Crippen LogP contribution in [0.25, 0.3) is 28.2 Å². The molecule has 11 heteroatoms. The third-order valence-electron chi connectivity index (χ3n) is 4.66. The van der Waals surface area contributed by atoms with Crippen LogP contribution in [-0.2, 0) is 6.54 Å². The minimum atomic E-state index is -0.420. The molecule has 3 aromatic heterocycles. The van der Waals surface area contributed by atoms with Crippen LogP contribution >= 0.6 is 12.4 Å². The van der Waals surface area contributed by atoms with Crippen molar-refractivity contribution in [3.8, 4) is 28.2 Å². The first-order valence-corrected chi connectivity index (χ1v) is 9.08. The lowest BCUT2D eigenvalue weighted by Crippen LogP contribution is -2.26. The fourth-order valence-corrected chi connectivity index (χ4v) is 3.03. The van der Waals surface area contributed by atoms with E-state index in [9.17, 15) is 9.18 Å². The van der Waals surface area contributed by atoms with E-state index in [1.807, 2.05) is 37.3 Å². The standard InChI is InChI=1S/C20H18FN7O2.ClH/c1-13-6-17(15-2-4-16(5-3-15)18-10-25-30-26-18)9-23-19(13)27-12-24-28(20(27)29)11-14(7-21)8-22;/h2-7,9-10,12H,8,11,22H2,1H3;1H/b14-7+;. The van der Waals surface area contributed by atoms with Crippen LogP contribution in [0.1, 0.15) is 5.56 Å². The zero-order valence-electron chi connectivity index (χ0n) is 16.5. The molecule has 1 aromatic carbocycles. The smallest absolute Gasteiger partial charge is 0.327 e. The first-order valence-electron chi connectivity index (χ1n) is 9.08. The molecular weight excluding hydrogens is 425 g/mol. The summed E-state index contributed by atoms with van der Waals surface area (Å²) < 4.78 is 19.9. The fraction of sp³-hybridized carbons (Fsp3) is 0.150. The summed E-state index contributed by atoms with van der Waals surface area (Å²) in [5.74, 6) is 0.457. The van der Waals surface area contributed by atoms with Crippen molar-refractivity contribution in [3.63, 3.8) is 0 Å². The highest BCUT2D eigenvalue weighted by molar-refractivity contribution is 5.85. The van der Waals surface area contributed by atoms with Crippen LogP contribution in [0.5, 0.6) is 0 Å². The molecule has 0 aliphatic carbocycles. The molecule has 0 radical (unpaired) electrons. The van der Waals surface area contributed by atoms with E-state index in [-0.39, 0.29) is 31.1 Å². The largest absolute Gasteiger partial charge is 0.351 e. The van der Waals surface area contributed by atoms with Crippen molar-refractivity contribution in [1.29, 1.82) is 0 Å². The molecule has 0 fully saturated rings. The summed E-state index contributed by atoms with van der Waals surface area (Å²) in [4.78, 5) is 17.1. The molecule has 4 rings (SSSR count). The second-order valence-electron chi connectivity index (χ2n) is 6.65. The van der Waals surface area contributed by atoms with E-state index in [0.29, 0.717) is 17.8 Å². The molecule has 0 amide bonds. The number of hydrogen-bond donors (Lipinski definition) is 1. The van der Waals surface area contributed by atoms with E-state index in [1.165, 1.54) is 10.9 Å². The summed E-state index contributed by atoms with van der Waals surface area (Å²) in [6, 6.07) is 9.66. The van der Waals surface area contributed by atoms with Gasteiger partial charge < -0.3 is 5.73 Å². The van der Waals surface area contributed by atoms with Gasteiger partial charge in [-0.3, -0.25) is 0 Å². The van der Waals surface area contributed by atoms with E-state index >= 15 is 0 Å². The fourth-order valence-electron chi connectivity index (χ4n) is 3.03. The summed E-state index contributed by atoms with van der Waals surface area (Å²) in [5, 5.41) is 11.5. The average Bonchev–Trinajstić information content (AvgIpc) is 3.43. The summed E-state index contributed by atoms with van der Waals surface area (Å²) in [6.45, 7) is 1.86. The molecule has 0 atom stereocenters. The van der Waals surface area contributed by atoms with Crippen molar-refractivity contribution in [2.24, 2.45) is 5.73 Å². The molecular formula is C20H19ClFN7O2. The molecule has 0 aliphatic rings. The van der Waals surface area contributed by atoms with E-state index in [1.54, 1.807) is 12.4 Å². The lowest BCUT2D eigenvalue weighted by atomic mass is 10.0. The van der Waals surface area contributed by atoms with Gasteiger partial charge in [-0.1, -0.05) is 29.4 Å². The summed E-state index contributed by atoms with van der Waals surface area (Å²) in [7, 11) is 0. The van der Waals surface area contributed by atoms with Gasteiger partial charge in [0.2, 0.25) is 0 Å². The minimum absolute atomic E-state index is 0. The maximum atomic E-state index is 12.8. The Morgan fingerprint density at radius 1 is 1.19 bits per heavy atom. The van der Waals surface area contributed by atoms with Gasteiger partial charge in [0.25, 0.3) is 0 Å². The van der Waals surface area contributed by atoms with Gasteiger partial charge in [-0.25, -0.2) is 28.0 Å². The second kappa shape index (κ2) is 9.45. The molecule has 0 saturated carbocycles. The Kier molecular flexibility index (Phi) is 6.73. The zero-order chi connectivity index (χ0) is 21.1. The molecule has 2 N–H and O–H groups in total. The monoisotopic (exact) mass is 443 g/mol. The van der Waals surface area contributed by atoms with Crippen molar-refractivity contribution in [2.45, 2.75) is 13.5 Å². The quantitative estimate of drug-likeness (QED) is 0.486. The Morgan fingerprint density at radius 2 is 1.94 bits per heavy atom. The van der Waals surface area contributed by atoms with Gasteiger partial charge in [-0.15, -0.1) is 12.4 Å². The molecule has 160 valence electrons. The molecule has 0 saturated heterocycles. The van der Waals surface area contributed by atoms with Crippen LogP contribution in [0.4, 0.5) is 4.39 Å². The molecule has 0 unspecified atom stereocenters. The van der Waals surface area contributed by atoms with Crippen LogP contribution < -0.4 is 11.4 Å². The number of aromatic nitrogens is 6. The zero-order valence-corrected chi connectivity index (χ0v) is 17.3. The van der Waals surface area contributed by atoms with Crippen LogP contribution in [0.2, 0.25) is 0 Å². The molecule has 0 bridgehead atoms. The molecule has 9 nitrogen and oxygen atoms in total. The summed E-state index contributed by atoms with van der Waals surface area (Å²) in [5.41, 5.74) is 9.49. The lowest BCUT2D eigenvalue weighted by molar-refractivity contribution is 0.308. The number of benzene rings is 1. The number of nitrogens with zero attached hydrogens (tertiary/aromatic N) is 6. The minimum Gasteiger partial charge on any atom is -0.327 e. The van der Waals surface area contributed by atoms with Crippen molar-refractivity contribution in [1.82, 2.24) is 29.6 Å². The van der Waals surface area contributed by atoms with E-state index in [0.717, 1.165) is 26.9 Å². The van der Waals surface area contributed by atoms with Crippen molar-refractivity contribution >= 4 is 12.4 Å². The summed E-state index contributed by atoms with van der Waals surface area (Å²) in [6.07, 6.45) is 5.00. The van der Waals surface area contributed by atoms with Crippen LogP contribution in [0, 0.1) is 6.92 Å². The van der Waals surface area contributed by atoms with Crippen molar-refractivity contribution in [2.75, 3.05) is 6.54 Å². The Hall–Kier alpha value is -3.63. The number of nitrogens with two attached hydrogens (primary N) is 1. The van der Waals surface area contributed by atoms with Crippen LogP contribution in [-0.4, -0.2) is 36.2 Å². The molecule has 31 heavy (non-hydrogen) atoms. The average molecular weight is 444 g/mol. The molecule has 3 heterocycles. The SMILES string of the molecule is Cc1cc(-c2ccc(-c3cnon3)cc2)cnc1-n1cnn(C/C(=C/F)CN)c1=O.Cl. The van der Waals surface area contributed by atoms with Crippen molar-refractivity contribution in [3.05, 3.63) is 77.0 Å². The Morgan fingerprint density at radius 3 is 2.55 bits per heavy atom. The Labute approximate surface area is 182 Å². The van der Waals surface area contributed by atoms with Gasteiger partial charge >= 0.3 is 5.69 Å². The van der Waals surface area contributed by atoms with Gasteiger partial charge in [0.1, 0.15) is 17.8 Å². The maximum Gasteiger partial charge on any atom is 0.351 e. The highest BCUT2D eigenvalue weighted by atomic mass is 35.5. The normalized spacial score (nSPS) is 11.4. The highest BCUT2D eigenvalue weighted by Gasteiger charge is 2.13. The number of hydrogen-bond acceptors (Lipinski definition) is 7. The molecule has 4 aromatic rings. The first kappa shape index (κ1) is 22.1. The van der Waals surface area contributed by atoms with E-state index in [2.05, 4.69) is 25.0 Å². The molecule has 0 spiro atoms. The Bertz CT molecular complexity index is 1250. The maximum absolute atomic E-state index is 12.8. The predicted octanol–water partition coefficient (Wildman–Crippen LogP) is 2.69. The van der Waals surface area contributed by atoms with E-state index < -0.39 is 5.69 Å². The van der Waals surface area contributed by atoms with Gasteiger partial charge in [-0.2, -0.15) is 5.10 Å². The third-order valence-corrected chi connectivity index (χ3v) is 4.66. The Balaban J connectivity index is 0.00000272. The van der Waals surface area contributed by atoms with Crippen LogP contribution in [0.3, 0.4) is 0 Å². The molecule has 0 aliphatic heterocycles. The summed E-state index contributed by atoms with van der Waals surface area (Å²) >= 11 is 0. The van der Waals surface area contributed by atoms with E-state index in [4.69, 9.17) is 5.73 Å². The third kappa shape index (κ3) is 4.44. The van der Waals surface area contributed by atoms with Crippen molar-refractivity contribution < 1.29 is 9.02 Å². The van der Waals surface area contributed by atoms with Gasteiger partial charge in [0.05, 0.1) is 19.1 Å².